The number of aliphatic carboxylic acids is 1. The first-order chi connectivity index (χ1) is 16.9. The Hall–Kier alpha value is -2.57. The van der Waals surface area contributed by atoms with Crippen molar-refractivity contribution >= 4 is 23.5 Å². The van der Waals surface area contributed by atoms with Crippen molar-refractivity contribution in [2.45, 2.75) is 69.2 Å². The lowest BCUT2D eigenvalue weighted by Crippen LogP contribution is -2.61. The number of carbonyl (C=O) groups is 3. The molecule has 1 heterocycles. The van der Waals surface area contributed by atoms with Crippen molar-refractivity contribution in [3.63, 3.8) is 0 Å². The van der Waals surface area contributed by atoms with Crippen LogP contribution in [0.25, 0.3) is 0 Å². The van der Waals surface area contributed by atoms with Gasteiger partial charge in [-0.1, -0.05) is 31.0 Å². The van der Waals surface area contributed by atoms with E-state index in [2.05, 4.69) is 5.32 Å². The van der Waals surface area contributed by atoms with E-state index in [-0.39, 0.29) is 18.5 Å². The quantitative estimate of drug-likeness (QED) is 0.201. The number of unbranched alkanes of at least 4 members (excludes halogenated alkanes) is 3. The van der Waals surface area contributed by atoms with E-state index in [1.807, 2.05) is 5.48 Å². The van der Waals surface area contributed by atoms with E-state index >= 15 is 0 Å². The fourth-order valence-electron chi connectivity index (χ4n) is 2.76. The molecule has 0 spiro atoms. The highest BCUT2D eigenvalue weighted by Gasteiger charge is 2.47. The summed E-state index contributed by atoms with van der Waals surface area (Å²) >= 11 is 0. The van der Waals surface area contributed by atoms with Gasteiger partial charge in [0.05, 0.1) is 6.85 Å². The standard InChI is InChI=1S/C20H28N2O9/c23-13(21-12-8-4-3-5-9-12)10-6-1-2-7-11-14(24)22-31-20-17(27)15(25)16(26)18(30-20)19(28)29/h3-5,8-9,15-18,20,25-27H,1-2,6-7,10-11H2,(H,21,23)(H,22,24)(H,28,29)/t15-,16+,17?,18?,20+/m1/s1/i3D,4D,5D,8D,9D. The molecule has 172 valence electrons. The predicted molar refractivity (Wildman–Crippen MR) is 106 cm³/mol. The van der Waals surface area contributed by atoms with E-state index in [9.17, 15) is 29.7 Å². The third-order valence-corrected chi connectivity index (χ3v) is 4.42. The number of nitrogens with one attached hydrogen (secondary N) is 2. The number of rotatable bonds is 11. The Morgan fingerprint density at radius 2 is 1.55 bits per heavy atom. The number of anilines is 1. The molecule has 1 saturated heterocycles. The van der Waals surface area contributed by atoms with Crippen LogP contribution in [0.5, 0.6) is 0 Å². The van der Waals surface area contributed by atoms with E-state index in [0.29, 0.717) is 25.7 Å². The van der Waals surface area contributed by atoms with Crippen LogP contribution in [0.2, 0.25) is 0 Å². The number of para-hydroxylation sites is 1. The van der Waals surface area contributed by atoms with Gasteiger partial charge in [-0.2, -0.15) is 0 Å². The van der Waals surface area contributed by atoms with Gasteiger partial charge in [0.15, 0.2) is 6.10 Å². The van der Waals surface area contributed by atoms with Crippen LogP contribution < -0.4 is 10.8 Å². The molecule has 1 fully saturated rings. The fraction of sp³-hybridized carbons (Fsp3) is 0.550. The van der Waals surface area contributed by atoms with Crippen molar-refractivity contribution in [1.82, 2.24) is 5.48 Å². The molecule has 31 heavy (non-hydrogen) atoms. The van der Waals surface area contributed by atoms with Crippen molar-refractivity contribution in [2.75, 3.05) is 5.32 Å². The molecule has 0 aromatic heterocycles. The summed E-state index contributed by atoms with van der Waals surface area (Å²) in [5.41, 5.74) is 1.70. The van der Waals surface area contributed by atoms with Gasteiger partial charge in [-0.25, -0.2) is 15.1 Å². The normalized spacial score (nSPS) is 27.8. The number of benzene rings is 1. The maximum absolute atomic E-state index is 12.1. The molecule has 0 aliphatic carbocycles. The summed E-state index contributed by atoms with van der Waals surface area (Å²) in [5.74, 6) is -2.72. The Bertz CT molecular complexity index is 954. The van der Waals surface area contributed by atoms with Crippen molar-refractivity contribution in [2.24, 2.45) is 0 Å². The van der Waals surface area contributed by atoms with Crippen molar-refractivity contribution in [3.05, 3.63) is 30.2 Å². The van der Waals surface area contributed by atoms with Gasteiger partial charge in [0, 0.05) is 18.5 Å². The first-order valence-electron chi connectivity index (χ1n) is 12.1. The van der Waals surface area contributed by atoms with Gasteiger partial charge in [-0.15, -0.1) is 0 Å². The Morgan fingerprint density at radius 1 is 0.935 bits per heavy atom. The SMILES string of the molecule is [2H]c1c([2H])c([2H])c(NC(=O)CCCCCCC(=O)NO[C@@H]2OC(C(=O)O)[C@@H](O)[C@@H](O)C2O)c([2H])c1[2H]. The van der Waals surface area contributed by atoms with Gasteiger partial charge in [-0.05, 0) is 24.9 Å². The van der Waals surface area contributed by atoms with Crippen LogP contribution in [0.1, 0.15) is 45.4 Å². The maximum Gasteiger partial charge on any atom is 0.335 e. The number of carboxylic acid groups (broad SMARTS) is 1. The molecule has 0 saturated carbocycles. The van der Waals surface area contributed by atoms with Crippen LogP contribution in [0.3, 0.4) is 0 Å². The molecule has 2 amide bonds. The molecule has 1 aromatic carbocycles. The Labute approximate surface area is 186 Å². The van der Waals surface area contributed by atoms with Crippen LogP contribution in [0.4, 0.5) is 5.69 Å². The second kappa shape index (κ2) is 12.3. The molecule has 1 aliphatic heterocycles. The highest BCUT2D eigenvalue weighted by molar-refractivity contribution is 5.90. The van der Waals surface area contributed by atoms with Crippen molar-refractivity contribution < 1.29 is 51.2 Å². The molecule has 0 radical (unpaired) electrons. The van der Waals surface area contributed by atoms with E-state index in [1.54, 1.807) is 0 Å². The van der Waals surface area contributed by atoms with Gasteiger partial charge < -0.3 is 30.5 Å². The largest absolute Gasteiger partial charge is 0.479 e. The van der Waals surface area contributed by atoms with Crippen LogP contribution in [-0.4, -0.2) is 68.9 Å². The van der Waals surface area contributed by atoms with Crippen molar-refractivity contribution in [3.8, 4) is 0 Å². The summed E-state index contributed by atoms with van der Waals surface area (Å²) in [6.07, 6.45) is -7.18. The number of carbonyl (C=O) groups excluding carboxylic acids is 2. The second-order valence-electron chi connectivity index (χ2n) is 6.84. The number of hydrogen-bond acceptors (Lipinski definition) is 8. The van der Waals surface area contributed by atoms with Crippen LogP contribution in [0, 0.1) is 0 Å². The maximum atomic E-state index is 12.1. The van der Waals surface area contributed by atoms with Gasteiger partial charge in [-0.3, -0.25) is 9.59 Å². The third kappa shape index (κ3) is 7.89. The fourth-order valence-corrected chi connectivity index (χ4v) is 2.76. The lowest BCUT2D eigenvalue weighted by atomic mass is 9.99. The van der Waals surface area contributed by atoms with Gasteiger partial charge >= 0.3 is 5.97 Å². The number of amides is 2. The molecular formula is C20H28N2O9. The lowest BCUT2D eigenvalue weighted by molar-refractivity contribution is -0.306. The second-order valence-corrected chi connectivity index (χ2v) is 6.84. The number of aliphatic hydroxyl groups excluding tert-OH is 3. The van der Waals surface area contributed by atoms with Gasteiger partial charge in [0.2, 0.25) is 18.1 Å². The molecule has 6 N–H and O–H groups in total. The van der Waals surface area contributed by atoms with Crippen LogP contribution in [-0.2, 0) is 24.0 Å². The minimum absolute atomic E-state index is 0.00895. The number of hydrogen-bond donors (Lipinski definition) is 6. The zero-order valence-electron chi connectivity index (χ0n) is 21.5. The lowest BCUT2D eigenvalue weighted by Gasteiger charge is -2.37. The first-order valence-corrected chi connectivity index (χ1v) is 9.60. The summed E-state index contributed by atoms with van der Waals surface area (Å²) in [5, 5.41) is 40.4. The summed E-state index contributed by atoms with van der Waals surface area (Å²) in [4.78, 5) is 39.9. The zero-order chi connectivity index (χ0) is 27.2. The zero-order valence-corrected chi connectivity index (χ0v) is 16.5. The number of aliphatic hydroxyl groups is 3. The summed E-state index contributed by atoms with van der Waals surface area (Å²) in [7, 11) is 0. The summed E-state index contributed by atoms with van der Waals surface area (Å²) in [6, 6.07) is -2.65. The Balaban J connectivity index is 1.67. The highest BCUT2D eigenvalue weighted by atomic mass is 16.8. The average Bonchev–Trinajstić information content (AvgIpc) is 2.84. The topological polar surface area (TPSA) is 175 Å². The Kier molecular flexibility index (Phi) is 7.17. The van der Waals surface area contributed by atoms with Crippen molar-refractivity contribution in [1.29, 1.82) is 0 Å². The highest BCUT2D eigenvalue weighted by Crippen LogP contribution is 2.21. The molecule has 5 atom stereocenters. The molecule has 2 rings (SSSR count). The molecular weight excluding hydrogens is 412 g/mol. The molecule has 1 aromatic rings. The summed E-state index contributed by atoms with van der Waals surface area (Å²) in [6.45, 7) is 0. The molecule has 11 heteroatoms. The Morgan fingerprint density at radius 3 is 2.16 bits per heavy atom. The van der Waals surface area contributed by atoms with Gasteiger partial charge in [0.1, 0.15) is 18.3 Å². The smallest absolute Gasteiger partial charge is 0.335 e. The minimum atomic E-state index is -1.88. The van der Waals surface area contributed by atoms with E-state index in [0.717, 1.165) is 0 Å². The average molecular weight is 445 g/mol. The predicted octanol–water partition coefficient (Wildman–Crippen LogP) is -0.0943. The third-order valence-electron chi connectivity index (χ3n) is 4.42. The molecule has 2 unspecified atom stereocenters. The summed E-state index contributed by atoms with van der Waals surface area (Å²) < 4.78 is 43.2. The van der Waals surface area contributed by atoms with Crippen LogP contribution >= 0.6 is 0 Å². The van der Waals surface area contributed by atoms with E-state index < -0.39 is 78.7 Å². The van der Waals surface area contributed by atoms with E-state index in [1.165, 1.54) is 0 Å². The number of ether oxygens (including phenoxy) is 1. The first kappa shape index (κ1) is 18.0. The molecule has 1 aliphatic rings. The monoisotopic (exact) mass is 445 g/mol. The number of carboxylic acids is 1. The van der Waals surface area contributed by atoms with E-state index in [4.69, 9.17) is 21.5 Å². The van der Waals surface area contributed by atoms with Gasteiger partial charge in [0.25, 0.3) is 0 Å². The number of hydroxylamine groups is 1. The van der Waals surface area contributed by atoms with Crippen LogP contribution in [0.15, 0.2) is 30.2 Å². The molecule has 11 nitrogen and oxygen atoms in total. The minimum Gasteiger partial charge on any atom is -0.479 e. The molecule has 0 bridgehead atoms.